The van der Waals surface area contributed by atoms with Crippen LogP contribution in [0.25, 0.3) is 0 Å². The van der Waals surface area contributed by atoms with Gasteiger partial charge in [0.2, 0.25) is 0 Å². The molecule has 1 atom stereocenters. The number of hydrogen-bond acceptors (Lipinski definition) is 3. The fraction of sp³-hybridized carbons (Fsp3) is 0.600. The number of thioether (sulfide) groups is 1. The third-order valence-corrected chi connectivity index (χ3v) is 3.79. The molecule has 3 heteroatoms. The summed E-state index contributed by atoms with van der Waals surface area (Å²) in [7, 11) is 0. The fourth-order valence-corrected chi connectivity index (χ4v) is 1.97. The Bertz CT molecular complexity index is 324. The van der Waals surface area contributed by atoms with Gasteiger partial charge in [-0.3, -0.25) is 0 Å². The van der Waals surface area contributed by atoms with Gasteiger partial charge in [-0.15, -0.1) is 0 Å². The zero-order valence-electron chi connectivity index (χ0n) is 11.9. The Labute approximate surface area is 116 Å². The summed E-state index contributed by atoms with van der Waals surface area (Å²) >= 11 is 1.92. The van der Waals surface area contributed by atoms with Crippen molar-refractivity contribution in [1.82, 2.24) is 5.32 Å². The molecule has 0 fully saturated rings. The average molecular weight is 267 g/mol. The SMILES string of the molecule is CSC(C)CCNCc1ccc(OC(C)C)cc1. The third kappa shape index (κ3) is 6.31. The molecule has 2 nitrogen and oxygen atoms in total. The molecule has 18 heavy (non-hydrogen) atoms. The van der Waals surface area contributed by atoms with E-state index in [0.717, 1.165) is 24.1 Å². The highest BCUT2D eigenvalue weighted by molar-refractivity contribution is 7.99. The Balaban J connectivity index is 2.26. The fourth-order valence-electron chi connectivity index (χ4n) is 1.61. The van der Waals surface area contributed by atoms with Crippen molar-refractivity contribution in [3.05, 3.63) is 29.8 Å². The second kappa shape index (κ2) is 8.44. The highest BCUT2D eigenvalue weighted by atomic mass is 32.2. The first-order valence-corrected chi connectivity index (χ1v) is 7.89. The van der Waals surface area contributed by atoms with Crippen molar-refractivity contribution >= 4 is 11.8 Å². The Morgan fingerprint density at radius 3 is 2.39 bits per heavy atom. The minimum absolute atomic E-state index is 0.238. The van der Waals surface area contributed by atoms with Crippen LogP contribution in [0.15, 0.2) is 24.3 Å². The third-order valence-electron chi connectivity index (χ3n) is 2.75. The van der Waals surface area contributed by atoms with Crippen molar-refractivity contribution < 1.29 is 4.74 Å². The van der Waals surface area contributed by atoms with Gasteiger partial charge in [-0.25, -0.2) is 0 Å². The van der Waals surface area contributed by atoms with E-state index in [-0.39, 0.29) is 6.10 Å². The van der Waals surface area contributed by atoms with E-state index in [0.29, 0.717) is 0 Å². The van der Waals surface area contributed by atoms with E-state index in [9.17, 15) is 0 Å². The van der Waals surface area contributed by atoms with E-state index in [1.165, 1.54) is 12.0 Å². The minimum atomic E-state index is 0.238. The maximum Gasteiger partial charge on any atom is 0.119 e. The molecule has 0 aliphatic carbocycles. The van der Waals surface area contributed by atoms with Gasteiger partial charge in [0.15, 0.2) is 0 Å². The lowest BCUT2D eigenvalue weighted by Crippen LogP contribution is -2.17. The molecule has 0 radical (unpaired) electrons. The van der Waals surface area contributed by atoms with Gasteiger partial charge in [-0.05, 0) is 50.8 Å². The summed E-state index contributed by atoms with van der Waals surface area (Å²) in [5.74, 6) is 0.949. The van der Waals surface area contributed by atoms with Crippen LogP contribution in [0.4, 0.5) is 0 Å². The molecule has 1 unspecified atom stereocenters. The van der Waals surface area contributed by atoms with Crippen molar-refractivity contribution in [3.8, 4) is 5.75 Å². The van der Waals surface area contributed by atoms with E-state index in [1.807, 2.05) is 37.7 Å². The Morgan fingerprint density at radius 1 is 1.17 bits per heavy atom. The molecule has 0 bridgehead atoms. The van der Waals surface area contributed by atoms with Crippen LogP contribution in [-0.2, 0) is 6.54 Å². The summed E-state index contributed by atoms with van der Waals surface area (Å²) in [6.07, 6.45) is 3.62. The van der Waals surface area contributed by atoms with Crippen molar-refractivity contribution in [3.63, 3.8) is 0 Å². The molecule has 0 aliphatic rings. The van der Waals surface area contributed by atoms with Gasteiger partial charge >= 0.3 is 0 Å². The zero-order chi connectivity index (χ0) is 13.4. The largest absolute Gasteiger partial charge is 0.491 e. The summed E-state index contributed by atoms with van der Waals surface area (Å²) in [6.45, 7) is 8.37. The predicted octanol–water partition coefficient (Wildman–Crippen LogP) is 3.71. The number of ether oxygens (including phenoxy) is 1. The molecule has 0 aromatic heterocycles. The predicted molar refractivity (Wildman–Crippen MR) is 81.5 cm³/mol. The van der Waals surface area contributed by atoms with Crippen LogP contribution in [0.3, 0.4) is 0 Å². The van der Waals surface area contributed by atoms with Crippen LogP contribution >= 0.6 is 11.8 Å². The van der Waals surface area contributed by atoms with Gasteiger partial charge in [0.1, 0.15) is 5.75 Å². The lowest BCUT2D eigenvalue weighted by atomic mass is 10.2. The van der Waals surface area contributed by atoms with Crippen LogP contribution in [0, 0.1) is 0 Å². The molecular weight excluding hydrogens is 242 g/mol. The number of nitrogens with one attached hydrogen (secondary N) is 1. The van der Waals surface area contributed by atoms with E-state index >= 15 is 0 Å². The van der Waals surface area contributed by atoms with Gasteiger partial charge < -0.3 is 10.1 Å². The molecule has 1 rings (SSSR count). The Hall–Kier alpha value is -0.670. The average Bonchev–Trinajstić information content (AvgIpc) is 2.35. The van der Waals surface area contributed by atoms with Crippen LogP contribution in [0.1, 0.15) is 32.8 Å². The number of benzene rings is 1. The van der Waals surface area contributed by atoms with E-state index in [4.69, 9.17) is 4.74 Å². The summed E-state index contributed by atoms with van der Waals surface area (Å²) in [5, 5.41) is 4.21. The van der Waals surface area contributed by atoms with Crippen molar-refractivity contribution in [2.45, 2.75) is 45.1 Å². The lowest BCUT2D eigenvalue weighted by Gasteiger charge is -2.11. The molecule has 0 saturated heterocycles. The molecule has 1 aromatic carbocycles. The summed E-state index contributed by atoms with van der Waals surface area (Å²) in [6, 6.07) is 8.34. The van der Waals surface area contributed by atoms with Crippen molar-refractivity contribution in [2.24, 2.45) is 0 Å². The first kappa shape index (κ1) is 15.4. The van der Waals surface area contributed by atoms with Crippen LogP contribution in [0.2, 0.25) is 0 Å². The smallest absolute Gasteiger partial charge is 0.119 e. The van der Waals surface area contributed by atoms with Gasteiger partial charge in [-0.1, -0.05) is 19.1 Å². The Morgan fingerprint density at radius 2 is 1.83 bits per heavy atom. The maximum absolute atomic E-state index is 5.62. The van der Waals surface area contributed by atoms with E-state index in [1.54, 1.807) is 0 Å². The highest BCUT2D eigenvalue weighted by Gasteiger charge is 2.00. The van der Waals surface area contributed by atoms with Gasteiger partial charge in [0, 0.05) is 11.8 Å². The minimum Gasteiger partial charge on any atom is -0.491 e. The summed E-state index contributed by atoms with van der Waals surface area (Å²) < 4.78 is 5.62. The van der Waals surface area contributed by atoms with E-state index in [2.05, 4.69) is 30.6 Å². The molecule has 0 aliphatic heterocycles. The molecule has 0 amide bonds. The summed E-state index contributed by atoms with van der Waals surface area (Å²) in [4.78, 5) is 0. The summed E-state index contributed by atoms with van der Waals surface area (Å²) in [5.41, 5.74) is 1.31. The molecule has 0 heterocycles. The van der Waals surface area contributed by atoms with Gasteiger partial charge in [-0.2, -0.15) is 11.8 Å². The lowest BCUT2D eigenvalue weighted by molar-refractivity contribution is 0.242. The van der Waals surface area contributed by atoms with Crippen molar-refractivity contribution in [1.29, 1.82) is 0 Å². The molecular formula is C15H25NOS. The quantitative estimate of drug-likeness (QED) is 0.726. The molecule has 102 valence electrons. The van der Waals surface area contributed by atoms with Crippen LogP contribution in [-0.4, -0.2) is 24.2 Å². The first-order chi connectivity index (χ1) is 8.61. The number of hydrogen-bond donors (Lipinski definition) is 1. The number of rotatable bonds is 8. The van der Waals surface area contributed by atoms with Gasteiger partial charge in [0.05, 0.1) is 6.10 Å². The maximum atomic E-state index is 5.62. The van der Waals surface area contributed by atoms with Crippen LogP contribution < -0.4 is 10.1 Å². The molecule has 0 spiro atoms. The van der Waals surface area contributed by atoms with Gasteiger partial charge in [0.25, 0.3) is 0 Å². The second-order valence-corrected chi connectivity index (χ2v) is 6.10. The topological polar surface area (TPSA) is 21.3 Å². The molecule has 1 aromatic rings. The standard InChI is InChI=1S/C15H25NOS/c1-12(2)17-15-7-5-14(6-8-15)11-16-10-9-13(3)18-4/h5-8,12-13,16H,9-11H2,1-4H3. The second-order valence-electron chi connectivity index (χ2n) is 4.82. The zero-order valence-corrected chi connectivity index (χ0v) is 12.7. The first-order valence-electron chi connectivity index (χ1n) is 6.61. The monoisotopic (exact) mass is 267 g/mol. The Kier molecular flexibility index (Phi) is 7.21. The normalized spacial score (nSPS) is 12.7. The van der Waals surface area contributed by atoms with Crippen LogP contribution in [0.5, 0.6) is 5.75 Å². The molecule has 0 saturated carbocycles. The van der Waals surface area contributed by atoms with E-state index < -0.39 is 0 Å². The van der Waals surface area contributed by atoms with Crippen molar-refractivity contribution in [2.75, 3.05) is 12.8 Å². The highest BCUT2D eigenvalue weighted by Crippen LogP contribution is 2.14. The molecule has 1 N–H and O–H groups in total.